The minimum Gasteiger partial charge on any atom is -0.315 e. The molecule has 0 bridgehead atoms. The molecule has 0 aliphatic rings. The predicted molar refractivity (Wildman–Crippen MR) is 135 cm³/mol. The molecule has 1 aromatic rings. The Balaban J connectivity index is 1.65. The molecule has 0 amide bonds. The molecule has 3 heteroatoms. The Kier molecular flexibility index (Phi) is 21.0. The van der Waals surface area contributed by atoms with E-state index in [-0.39, 0.29) is 0 Å². The Labute approximate surface area is 191 Å². The van der Waals surface area contributed by atoms with E-state index in [0.717, 1.165) is 19.6 Å². The van der Waals surface area contributed by atoms with Crippen LogP contribution in [0.2, 0.25) is 6.04 Å². The average Bonchev–Trinajstić information content (AvgIpc) is 2.78. The molecule has 171 valence electrons. The standard InChI is InChI=1S/C27H49N2Si/c30-25-19-14-12-10-8-6-4-2-1-3-5-7-9-11-13-18-22-28-23-24-29-26-27-20-16-15-17-21-27/h15-17,20-21,28-29H,1-14,18-19,22-26H2. The number of nitrogens with one attached hydrogen (secondary N) is 2. The fraction of sp³-hybridized carbons (Fsp3) is 0.778. The minimum atomic E-state index is 0.973. The average molecular weight is 430 g/mol. The van der Waals surface area contributed by atoms with E-state index in [1.54, 1.807) is 0 Å². The highest BCUT2D eigenvalue weighted by Gasteiger charge is 1.95. The normalized spacial score (nSPS) is 11.2. The van der Waals surface area contributed by atoms with Gasteiger partial charge in [0.25, 0.3) is 0 Å². The molecule has 0 atom stereocenters. The van der Waals surface area contributed by atoms with Gasteiger partial charge in [-0.15, -0.1) is 0 Å². The van der Waals surface area contributed by atoms with Gasteiger partial charge in [-0.2, -0.15) is 0 Å². The van der Waals surface area contributed by atoms with Crippen molar-refractivity contribution in [1.29, 1.82) is 0 Å². The summed E-state index contributed by atoms with van der Waals surface area (Å²) in [5.41, 5.74) is 1.37. The first-order chi connectivity index (χ1) is 14.9. The Morgan fingerprint density at radius 3 is 1.40 bits per heavy atom. The van der Waals surface area contributed by atoms with Crippen LogP contribution in [0.4, 0.5) is 0 Å². The Morgan fingerprint density at radius 2 is 0.900 bits per heavy atom. The van der Waals surface area contributed by atoms with Crippen LogP contribution >= 0.6 is 0 Å². The summed E-state index contributed by atoms with van der Waals surface area (Å²) in [6.45, 7) is 4.26. The van der Waals surface area contributed by atoms with Gasteiger partial charge in [-0.25, -0.2) is 0 Å². The van der Waals surface area contributed by atoms with Crippen LogP contribution < -0.4 is 10.6 Å². The summed E-state index contributed by atoms with van der Waals surface area (Å²) in [4.78, 5) is 0. The zero-order chi connectivity index (χ0) is 21.4. The van der Waals surface area contributed by atoms with Gasteiger partial charge >= 0.3 is 0 Å². The molecule has 2 nitrogen and oxygen atoms in total. The maximum atomic E-state index is 3.56. The first kappa shape index (κ1) is 27.4. The van der Waals surface area contributed by atoms with Crippen molar-refractivity contribution in [2.45, 2.75) is 115 Å². The molecule has 0 aliphatic carbocycles. The van der Waals surface area contributed by atoms with Crippen LogP contribution in [0.3, 0.4) is 0 Å². The highest BCUT2D eigenvalue weighted by molar-refractivity contribution is 6.08. The number of benzene rings is 1. The summed E-state index contributed by atoms with van der Waals surface area (Å²) in [5.74, 6) is 0. The zero-order valence-corrected chi connectivity index (χ0v) is 20.7. The molecule has 1 rings (SSSR count). The second-order valence-corrected chi connectivity index (χ2v) is 9.32. The maximum absolute atomic E-state index is 3.56. The van der Waals surface area contributed by atoms with Crippen LogP contribution in [0.25, 0.3) is 0 Å². The number of hydrogen-bond acceptors (Lipinski definition) is 2. The van der Waals surface area contributed by atoms with Gasteiger partial charge in [-0.05, 0) is 18.5 Å². The van der Waals surface area contributed by atoms with Gasteiger partial charge in [-0.3, -0.25) is 0 Å². The molecule has 0 saturated carbocycles. The molecule has 0 saturated heterocycles. The van der Waals surface area contributed by atoms with Crippen LogP contribution in [-0.4, -0.2) is 29.9 Å². The van der Waals surface area contributed by atoms with Gasteiger partial charge in [0.1, 0.15) is 0 Å². The van der Waals surface area contributed by atoms with Crippen LogP contribution in [0, 0.1) is 0 Å². The lowest BCUT2D eigenvalue weighted by Gasteiger charge is -2.07. The van der Waals surface area contributed by atoms with Crippen molar-refractivity contribution in [3.05, 3.63) is 35.9 Å². The van der Waals surface area contributed by atoms with Crippen LogP contribution in [0.15, 0.2) is 30.3 Å². The summed E-state index contributed by atoms with van der Waals surface area (Å²) in [5, 5.41) is 7.06. The summed E-state index contributed by atoms with van der Waals surface area (Å²) in [7, 11) is 3.55. The fourth-order valence-electron chi connectivity index (χ4n) is 3.98. The molecule has 30 heavy (non-hydrogen) atoms. The molecular weight excluding hydrogens is 380 g/mol. The van der Waals surface area contributed by atoms with Crippen molar-refractivity contribution in [1.82, 2.24) is 10.6 Å². The van der Waals surface area contributed by atoms with Crippen molar-refractivity contribution in [3.63, 3.8) is 0 Å². The van der Waals surface area contributed by atoms with Crippen LogP contribution in [-0.2, 0) is 6.54 Å². The lowest BCUT2D eigenvalue weighted by molar-refractivity contribution is 0.523. The van der Waals surface area contributed by atoms with Crippen LogP contribution in [0.5, 0.6) is 0 Å². The number of rotatable bonds is 23. The van der Waals surface area contributed by atoms with Gasteiger partial charge in [0.15, 0.2) is 0 Å². The van der Waals surface area contributed by atoms with E-state index in [1.807, 2.05) is 0 Å². The molecular formula is C27H49N2Si. The lowest BCUT2D eigenvalue weighted by atomic mass is 10.0. The van der Waals surface area contributed by atoms with E-state index < -0.39 is 0 Å². The first-order valence-corrected chi connectivity index (χ1v) is 13.7. The summed E-state index contributed by atoms with van der Waals surface area (Å²) < 4.78 is 0. The molecule has 0 unspecified atom stereocenters. The number of unbranched alkanes of at least 4 members (excludes halogenated alkanes) is 15. The van der Waals surface area contributed by atoms with Gasteiger partial charge in [-0.1, -0.05) is 133 Å². The van der Waals surface area contributed by atoms with Gasteiger partial charge < -0.3 is 10.6 Å². The summed E-state index contributed by atoms with van der Waals surface area (Å²) in [6.07, 6.45) is 22.9. The second kappa shape index (κ2) is 23.0. The van der Waals surface area contributed by atoms with Crippen LogP contribution in [0.1, 0.15) is 108 Å². The van der Waals surface area contributed by atoms with E-state index >= 15 is 0 Å². The van der Waals surface area contributed by atoms with Crippen molar-refractivity contribution in [2.24, 2.45) is 0 Å². The Hall–Kier alpha value is -0.643. The van der Waals surface area contributed by atoms with Gasteiger partial charge in [0, 0.05) is 29.9 Å². The molecule has 3 radical (unpaired) electrons. The highest BCUT2D eigenvalue weighted by Crippen LogP contribution is 2.13. The minimum absolute atomic E-state index is 0.973. The van der Waals surface area contributed by atoms with E-state index in [2.05, 4.69) is 51.2 Å². The second-order valence-electron chi connectivity index (χ2n) is 8.82. The molecule has 0 aliphatic heterocycles. The molecule has 0 heterocycles. The molecule has 0 spiro atoms. The van der Waals surface area contributed by atoms with Gasteiger partial charge in [0.2, 0.25) is 0 Å². The Bertz CT molecular complexity index is 438. The highest BCUT2D eigenvalue weighted by atomic mass is 28.1. The van der Waals surface area contributed by atoms with Crippen molar-refractivity contribution in [2.75, 3.05) is 19.6 Å². The fourth-order valence-corrected chi connectivity index (χ4v) is 4.23. The third-order valence-corrected chi connectivity index (χ3v) is 6.28. The van der Waals surface area contributed by atoms with E-state index in [1.165, 1.54) is 121 Å². The SMILES string of the molecule is [Si]CCCCCCCCCCCCCCCCCCNCCNCc1ccccc1. The summed E-state index contributed by atoms with van der Waals surface area (Å²) >= 11 is 0. The maximum Gasteiger partial charge on any atom is 0.0222 e. The van der Waals surface area contributed by atoms with Gasteiger partial charge in [0.05, 0.1) is 0 Å². The van der Waals surface area contributed by atoms with E-state index in [0.29, 0.717) is 0 Å². The molecule has 1 aromatic carbocycles. The Morgan fingerprint density at radius 1 is 0.467 bits per heavy atom. The molecule has 0 fully saturated rings. The monoisotopic (exact) mass is 429 g/mol. The third kappa shape index (κ3) is 19.3. The topological polar surface area (TPSA) is 24.1 Å². The predicted octanol–water partition coefficient (Wildman–Crippen LogP) is 7.19. The van der Waals surface area contributed by atoms with Crippen molar-refractivity contribution >= 4 is 10.2 Å². The van der Waals surface area contributed by atoms with Crippen molar-refractivity contribution in [3.8, 4) is 0 Å². The third-order valence-electron chi connectivity index (χ3n) is 5.93. The van der Waals surface area contributed by atoms with Crippen molar-refractivity contribution < 1.29 is 0 Å². The lowest BCUT2D eigenvalue weighted by Crippen LogP contribution is -2.27. The molecule has 2 N–H and O–H groups in total. The van der Waals surface area contributed by atoms with E-state index in [9.17, 15) is 0 Å². The largest absolute Gasteiger partial charge is 0.315 e. The molecule has 0 aromatic heterocycles. The zero-order valence-electron chi connectivity index (χ0n) is 19.7. The van der Waals surface area contributed by atoms with E-state index in [4.69, 9.17) is 0 Å². The summed E-state index contributed by atoms with van der Waals surface area (Å²) in [6, 6.07) is 11.8. The number of hydrogen-bond donors (Lipinski definition) is 2. The smallest absolute Gasteiger partial charge is 0.0222 e. The first-order valence-electron chi connectivity index (χ1n) is 13.0. The quantitative estimate of drug-likeness (QED) is 0.142.